The summed E-state index contributed by atoms with van der Waals surface area (Å²) in [6, 6.07) is 2.67. The zero-order chi connectivity index (χ0) is 8.48. The van der Waals surface area contributed by atoms with E-state index in [4.69, 9.17) is 18.5 Å². The Balaban J connectivity index is 3.20. The lowest BCUT2D eigenvalue weighted by Crippen LogP contribution is -2.04. The third kappa shape index (κ3) is 2.20. The molecular weight excluding hydrogens is 184 g/mol. The number of hydrogen-bond acceptors (Lipinski definition) is 3. The number of pyridine rings is 1. The third-order valence-corrected chi connectivity index (χ3v) is 2.22. The zero-order valence-corrected chi connectivity index (χ0v) is 6.93. The predicted molar refractivity (Wildman–Crippen MR) is 42.7 cm³/mol. The molecule has 2 radical (unpaired) electrons. The summed E-state index contributed by atoms with van der Waals surface area (Å²) >= 11 is 0. The maximum Gasteiger partial charge on any atom is 0.278 e. The highest BCUT2D eigenvalue weighted by Crippen LogP contribution is 2.08. The lowest BCUT2D eigenvalue weighted by Gasteiger charge is -1.94. The molecule has 1 heterocycles. The Morgan fingerprint density at radius 1 is 1.45 bits per heavy atom. The van der Waals surface area contributed by atoms with Crippen LogP contribution in [-0.4, -0.2) is 21.2 Å². The van der Waals surface area contributed by atoms with Gasteiger partial charge in [-0.3, -0.25) is 0 Å². The van der Waals surface area contributed by atoms with Crippen molar-refractivity contribution in [2.24, 2.45) is 0 Å². The van der Waals surface area contributed by atoms with E-state index in [-0.39, 0.29) is 5.03 Å². The van der Waals surface area contributed by atoms with Gasteiger partial charge in [-0.25, -0.2) is 13.4 Å². The third-order valence-electron chi connectivity index (χ3n) is 1.01. The molecule has 0 bridgehead atoms. The molecule has 0 aliphatic heterocycles. The molecule has 0 saturated carbocycles. The summed E-state index contributed by atoms with van der Waals surface area (Å²) in [5, 5.41) is -0.187. The molecule has 1 aromatic heterocycles. The molecular formula is C5H3BClNO2S. The Labute approximate surface area is 70.2 Å². The van der Waals surface area contributed by atoms with Crippen molar-refractivity contribution in [1.29, 1.82) is 0 Å². The first-order chi connectivity index (χ1) is 5.00. The van der Waals surface area contributed by atoms with Crippen LogP contribution in [-0.2, 0) is 9.05 Å². The molecule has 0 atom stereocenters. The molecule has 0 spiro atoms. The van der Waals surface area contributed by atoms with Gasteiger partial charge in [-0.15, -0.1) is 0 Å². The van der Waals surface area contributed by atoms with E-state index in [2.05, 4.69) is 4.98 Å². The molecule has 56 valence electrons. The van der Waals surface area contributed by atoms with Crippen molar-refractivity contribution in [1.82, 2.24) is 4.98 Å². The predicted octanol–water partition coefficient (Wildman–Crippen LogP) is -0.197. The summed E-state index contributed by atoms with van der Waals surface area (Å²) in [4.78, 5) is 3.50. The van der Waals surface area contributed by atoms with Crippen LogP contribution in [0.2, 0.25) is 0 Å². The maximum atomic E-state index is 10.6. The lowest BCUT2D eigenvalue weighted by atomic mass is 9.99. The fourth-order valence-electron chi connectivity index (χ4n) is 0.536. The van der Waals surface area contributed by atoms with Crippen molar-refractivity contribution in [3.05, 3.63) is 18.3 Å². The van der Waals surface area contributed by atoms with E-state index in [0.717, 1.165) is 0 Å². The van der Waals surface area contributed by atoms with Gasteiger partial charge >= 0.3 is 0 Å². The molecule has 0 aromatic carbocycles. The van der Waals surface area contributed by atoms with Crippen LogP contribution in [0.4, 0.5) is 0 Å². The molecule has 0 saturated heterocycles. The molecule has 6 heteroatoms. The first kappa shape index (κ1) is 8.55. The van der Waals surface area contributed by atoms with E-state index in [1.165, 1.54) is 18.3 Å². The first-order valence-electron chi connectivity index (χ1n) is 2.66. The molecule has 0 N–H and O–H groups in total. The minimum absolute atomic E-state index is 0.187. The van der Waals surface area contributed by atoms with Gasteiger partial charge in [0.15, 0.2) is 5.03 Å². The van der Waals surface area contributed by atoms with Crippen molar-refractivity contribution in [3.63, 3.8) is 0 Å². The smallest absolute Gasteiger partial charge is 0.244 e. The molecule has 0 aliphatic rings. The van der Waals surface area contributed by atoms with Gasteiger partial charge < -0.3 is 0 Å². The number of hydrogen-bond donors (Lipinski definition) is 0. The number of rotatable bonds is 1. The van der Waals surface area contributed by atoms with Crippen LogP contribution in [0.15, 0.2) is 23.4 Å². The molecule has 11 heavy (non-hydrogen) atoms. The summed E-state index contributed by atoms with van der Waals surface area (Å²) in [5.74, 6) is 0. The van der Waals surface area contributed by atoms with Gasteiger partial charge in [0.2, 0.25) is 0 Å². The van der Waals surface area contributed by atoms with E-state index < -0.39 is 9.05 Å². The molecule has 0 fully saturated rings. The Hall–Kier alpha value is -0.545. The highest BCUT2D eigenvalue weighted by atomic mass is 35.7. The summed E-state index contributed by atoms with van der Waals surface area (Å²) < 4.78 is 21.2. The molecule has 0 unspecified atom stereocenters. The lowest BCUT2D eigenvalue weighted by molar-refractivity contribution is 0.606. The quantitative estimate of drug-likeness (QED) is 0.452. The van der Waals surface area contributed by atoms with Crippen LogP contribution < -0.4 is 5.46 Å². The van der Waals surface area contributed by atoms with Gasteiger partial charge in [-0.1, -0.05) is 11.5 Å². The van der Waals surface area contributed by atoms with Crippen LogP contribution >= 0.6 is 10.7 Å². The maximum absolute atomic E-state index is 10.6. The molecule has 0 aliphatic carbocycles. The van der Waals surface area contributed by atoms with Gasteiger partial charge in [0.05, 0.1) is 0 Å². The van der Waals surface area contributed by atoms with Crippen LogP contribution in [0.5, 0.6) is 0 Å². The monoisotopic (exact) mass is 187 g/mol. The Bertz CT molecular complexity index is 347. The van der Waals surface area contributed by atoms with E-state index >= 15 is 0 Å². The first-order valence-corrected chi connectivity index (χ1v) is 4.97. The van der Waals surface area contributed by atoms with Crippen LogP contribution in [0.1, 0.15) is 0 Å². The van der Waals surface area contributed by atoms with Crippen molar-refractivity contribution in [2.45, 2.75) is 5.03 Å². The summed E-state index contributed by atoms with van der Waals surface area (Å²) in [7, 11) is 6.54. The average molecular weight is 187 g/mol. The number of aromatic nitrogens is 1. The second kappa shape index (κ2) is 2.83. The molecule has 3 nitrogen and oxygen atoms in total. The van der Waals surface area contributed by atoms with E-state index in [0.29, 0.717) is 5.46 Å². The standard InChI is InChI=1S/C5H3BClNO2S/c6-4-1-2-5(8-3-4)11(7,9)10/h1-3H. The topological polar surface area (TPSA) is 47.0 Å². The molecule has 1 rings (SSSR count). The van der Waals surface area contributed by atoms with Gasteiger partial charge in [-0.05, 0) is 6.07 Å². The largest absolute Gasteiger partial charge is 0.278 e. The minimum atomic E-state index is -3.71. The fourth-order valence-corrected chi connectivity index (χ4v) is 1.22. The van der Waals surface area contributed by atoms with Crippen LogP contribution in [0.3, 0.4) is 0 Å². The Morgan fingerprint density at radius 3 is 2.45 bits per heavy atom. The fraction of sp³-hybridized carbons (Fsp3) is 0. The van der Waals surface area contributed by atoms with Crippen LogP contribution in [0, 0.1) is 0 Å². The summed E-state index contributed by atoms with van der Waals surface area (Å²) in [6.45, 7) is 0. The van der Waals surface area contributed by atoms with E-state index in [1.807, 2.05) is 0 Å². The minimum Gasteiger partial charge on any atom is -0.244 e. The van der Waals surface area contributed by atoms with Gasteiger partial charge in [0, 0.05) is 16.9 Å². The highest BCUT2D eigenvalue weighted by molar-refractivity contribution is 8.13. The van der Waals surface area contributed by atoms with Crippen LogP contribution in [0.25, 0.3) is 0 Å². The second-order valence-electron chi connectivity index (χ2n) is 1.87. The highest BCUT2D eigenvalue weighted by Gasteiger charge is 2.09. The molecule has 0 amide bonds. The Morgan fingerprint density at radius 2 is 2.09 bits per heavy atom. The van der Waals surface area contributed by atoms with Gasteiger partial charge in [0.1, 0.15) is 7.85 Å². The number of nitrogens with zero attached hydrogens (tertiary/aromatic N) is 1. The normalized spacial score (nSPS) is 11.4. The van der Waals surface area contributed by atoms with Gasteiger partial charge in [-0.2, -0.15) is 0 Å². The van der Waals surface area contributed by atoms with E-state index in [9.17, 15) is 8.42 Å². The zero-order valence-electron chi connectivity index (χ0n) is 5.36. The van der Waals surface area contributed by atoms with Crippen molar-refractivity contribution in [2.75, 3.05) is 0 Å². The summed E-state index contributed by atoms with van der Waals surface area (Å²) in [6.07, 6.45) is 1.23. The summed E-state index contributed by atoms with van der Waals surface area (Å²) in [5.41, 5.74) is 0.397. The van der Waals surface area contributed by atoms with Gasteiger partial charge in [0.25, 0.3) is 9.05 Å². The van der Waals surface area contributed by atoms with E-state index in [1.54, 1.807) is 0 Å². The average Bonchev–Trinajstić information content (AvgIpc) is 1.86. The number of halogens is 1. The SMILES string of the molecule is [B]c1ccc(S(=O)(=O)Cl)nc1. The van der Waals surface area contributed by atoms with Crippen molar-refractivity contribution >= 4 is 33.0 Å². The van der Waals surface area contributed by atoms with Crippen molar-refractivity contribution < 1.29 is 8.42 Å². The van der Waals surface area contributed by atoms with Crippen molar-refractivity contribution in [3.8, 4) is 0 Å². The second-order valence-corrected chi connectivity index (χ2v) is 4.38. The Kier molecular flexibility index (Phi) is 2.20. The molecule has 1 aromatic rings.